The van der Waals surface area contributed by atoms with Crippen LogP contribution in [0, 0.1) is 11.3 Å². The number of aliphatic hydroxyl groups excluding tert-OH is 1. The monoisotopic (exact) mass is 235 g/mol. The number of hydrogen-bond acceptors (Lipinski definition) is 1. The van der Waals surface area contributed by atoms with Gasteiger partial charge in [-0.3, -0.25) is 0 Å². The molecule has 1 atom stereocenters. The van der Waals surface area contributed by atoms with Gasteiger partial charge in [-0.2, -0.15) is 0 Å². The van der Waals surface area contributed by atoms with E-state index in [1.807, 2.05) is 0 Å². The van der Waals surface area contributed by atoms with Gasteiger partial charge < -0.3 is 9.67 Å². The van der Waals surface area contributed by atoms with E-state index < -0.39 is 0 Å². The van der Waals surface area contributed by atoms with Crippen molar-refractivity contribution in [1.29, 1.82) is 0 Å². The van der Waals surface area contributed by atoms with Crippen LogP contribution in [0.4, 0.5) is 0 Å². The lowest BCUT2D eigenvalue weighted by molar-refractivity contribution is 0.0979. The Kier molecular flexibility index (Phi) is 3.35. The van der Waals surface area contributed by atoms with Gasteiger partial charge in [0.25, 0.3) is 0 Å². The molecule has 1 unspecified atom stereocenters. The SMILES string of the molecule is CC(C)CCn1ccc2c1CC(C)(C)CC2O. The molecule has 1 aromatic rings. The van der Waals surface area contributed by atoms with Crippen LogP contribution in [0.3, 0.4) is 0 Å². The first-order valence-electron chi connectivity index (χ1n) is 6.75. The number of nitrogens with zero attached hydrogens (tertiary/aromatic N) is 1. The standard InChI is InChI=1S/C15H25NO/c1-11(2)5-7-16-8-6-12-13(16)9-15(3,4)10-14(12)17/h6,8,11,14,17H,5,7,9-10H2,1-4H3. The van der Waals surface area contributed by atoms with E-state index in [0.717, 1.165) is 30.9 Å². The average molecular weight is 235 g/mol. The summed E-state index contributed by atoms with van der Waals surface area (Å²) in [6, 6.07) is 2.11. The molecule has 0 saturated carbocycles. The van der Waals surface area contributed by atoms with Gasteiger partial charge in [-0.15, -0.1) is 0 Å². The van der Waals surface area contributed by atoms with Gasteiger partial charge in [0.05, 0.1) is 6.10 Å². The first-order valence-corrected chi connectivity index (χ1v) is 6.75. The molecule has 0 amide bonds. The molecule has 0 fully saturated rings. The first-order chi connectivity index (χ1) is 7.89. The van der Waals surface area contributed by atoms with E-state index in [9.17, 15) is 5.11 Å². The van der Waals surface area contributed by atoms with Crippen molar-refractivity contribution in [2.24, 2.45) is 11.3 Å². The molecule has 2 rings (SSSR count). The van der Waals surface area contributed by atoms with Gasteiger partial charge in [0.1, 0.15) is 0 Å². The maximum absolute atomic E-state index is 10.2. The van der Waals surface area contributed by atoms with E-state index in [4.69, 9.17) is 0 Å². The van der Waals surface area contributed by atoms with E-state index in [1.54, 1.807) is 0 Å². The maximum Gasteiger partial charge on any atom is 0.0812 e. The molecule has 2 heteroatoms. The van der Waals surface area contributed by atoms with Crippen LogP contribution in [0.1, 0.15) is 57.9 Å². The Labute approximate surface area is 105 Å². The number of hydrogen-bond donors (Lipinski definition) is 1. The highest BCUT2D eigenvalue weighted by Gasteiger charge is 2.32. The van der Waals surface area contributed by atoms with Crippen molar-refractivity contribution in [1.82, 2.24) is 4.57 Å². The third-order valence-electron chi connectivity index (χ3n) is 3.81. The number of aromatic nitrogens is 1. The summed E-state index contributed by atoms with van der Waals surface area (Å²) in [6.07, 6.45) is 5.06. The first kappa shape index (κ1) is 12.7. The third-order valence-corrected chi connectivity index (χ3v) is 3.81. The molecule has 96 valence electrons. The minimum atomic E-state index is -0.269. The zero-order valence-electron chi connectivity index (χ0n) is 11.5. The van der Waals surface area contributed by atoms with Crippen molar-refractivity contribution < 1.29 is 5.11 Å². The van der Waals surface area contributed by atoms with Crippen molar-refractivity contribution >= 4 is 0 Å². The third kappa shape index (κ3) is 2.74. The van der Waals surface area contributed by atoms with Crippen molar-refractivity contribution in [3.63, 3.8) is 0 Å². The number of aryl methyl sites for hydroxylation is 1. The highest BCUT2D eigenvalue weighted by atomic mass is 16.3. The Morgan fingerprint density at radius 1 is 1.47 bits per heavy atom. The number of rotatable bonds is 3. The van der Waals surface area contributed by atoms with Gasteiger partial charge in [-0.25, -0.2) is 0 Å². The fourth-order valence-corrected chi connectivity index (χ4v) is 2.79. The largest absolute Gasteiger partial charge is 0.388 e. The molecular formula is C15H25NO. The fraction of sp³-hybridized carbons (Fsp3) is 0.733. The van der Waals surface area contributed by atoms with Crippen molar-refractivity contribution in [3.05, 3.63) is 23.5 Å². The Balaban J connectivity index is 2.21. The Hall–Kier alpha value is -0.760. The summed E-state index contributed by atoms with van der Waals surface area (Å²) in [6.45, 7) is 10.1. The maximum atomic E-state index is 10.2. The molecule has 1 aromatic heterocycles. The summed E-state index contributed by atoms with van der Waals surface area (Å²) in [7, 11) is 0. The van der Waals surface area contributed by atoms with Gasteiger partial charge in [0, 0.05) is 24.0 Å². The predicted molar refractivity (Wildman–Crippen MR) is 70.9 cm³/mol. The quantitative estimate of drug-likeness (QED) is 0.851. The minimum absolute atomic E-state index is 0.223. The molecular weight excluding hydrogens is 210 g/mol. The molecule has 0 spiro atoms. The summed E-state index contributed by atoms with van der Waals surface area (Å²) in [5.74, 6) is 0.731. The highest BCUT2D eigenvalue weighted by molar-refractivity contribution is 5.29. The van der Waals surface area contributed by atoms with E-state index in [-0.39, 0.29) is 11.5 Å². The lowest BCUT2D eigenvalue weighted by atomic mass is 9.75. The van der Waals surface area contributed by atoms with Crippen LogP contribution in [0.25, 0.3) is 0 Å². The number of fused-ring (bicyclic) bond motifs is 1. The molecule has 17 heavy (non-hydrogen) atoms. The van der Waals surface area contributed by atoms with Crippen LogP contribution in [-0.4, -0.2) is 9.67 Å². The van der Waals surface area contributed by atoms with Crippen molar-refractivity contribution in [3.8, 4) is 0 Å². The second-order valence-corrected chi connectivity index (χ2v) is 6.65. The minimum Gasteiger partial charge on any atom is -0.388 e. The summed E-state index contributed by atoms with van der Waals surface area (Å²) < 4.78 is 2.35. The molecule has 0 bridgehead atoms. The van der Waals surface area contributed by atoms with Crippen molar-refractivity contribution in [2.45, 2.75) is 59.6 Å². The summed E-state index contributed by atoms with van der Waals surface area (Å²) in [5, 5.41) is 10.2. The van der Waals surface area contributed by atoms with Crippen LogP contribution in [0.5, 0.6) is 0 Å². The van der Waals surface area contributed by atoms with Crippen LogP contribution in [0.15, 0.2) is 12.3 Å². The normalized spacial score (nSPS) is 22.8. The van der Waals surface area contributed by atoms with Crippen LogP contribution in [0.2, 0.25) is 0 Å². The zero-order valence-corrected chi connectivity index (χ0v) is 11.5. The molecule has 1 aliphatic rings. The van der Waals surface area contributed by atoms with E-state index in [1.165, 1.54) is 12.1 Å². The van der Waals surface area contributed by atoms with Crippen LogP contribution in [-0.2, 0) is 13.0 Å². The Bertz CT molecular complexity index is 390. The molecule has 0 radical (unpaired) electrons. The van der Waals surface area contributed by atoms with Crippen molar-refractivity contribution in [2.75, 3.05) is 0 Å². The van der Waals surface area contributed by atoms with Gasteiger partial charge in [-0.1, -0.05) is 27.7 Å². The van der Waals surface area contributed by atoms with E-state index >= 15 is 0 Å². The number of aliphatic hydroxyl groups is 1. The van der Waals surface area contributed by atoms with Crippen LogP contribution < -0.4 is 0 Å². The smallest absolute Gasteiger partial charge is 0.0812 e. The summed E-state index contributed by atoms with van der Waals surface area (Å²) >= 11 is 0. The Morgan fingerprint density at radius 3 is 2.82 bits per heavy atom. The lowest BCUT2D eigenvalue weighted by Gasteiger charge is -2.34. The van der Waals surface area contributed by atoms with E-state index in [0.29, 0.717) is 0 Å². The molecule has 0 saturated heterocycles. The van der Waals surface area contributed by atoms with Gasteiger partial charge >= 0.3 is 0 Å². The highest BCUT2D eigenvalue weighted by Crippen LogP contribution is 2.41. The summed E-state index contributed by atoms with van der Waals surface area (Å²) in [5.41, 5.74) is 2.74. The van der Waals surface area contributed by atoms with Crippen LogP contribution >= 0.6 is 0 Å². The second kappa shape index (κ2) is 4.49. The Morgan fingerprint density at radius 2 is 2.18 bits per heavy atom. The van der Waals surface area contributed by atoms with Gasteiger partial charge in [0.15, 0.2) is 0 Å². The summed E-state index contributed by atoms with van der Waals surface area (Å²) in [4.78, 5) is 0. The zero-order chi connectivity index (χ0) is 12.6. The molecule has 1 N–H and O–H groups in total. The topological polar surface area (TPSA) is 25.2 Å². The van der Waals surface area contributed by atoms with Gasteiger partial charge in [0.2, 0.25) is 0 Å². The average Bonchev–Trinajstić information content (AvgIpc) is 2.56. The van der Waals surface area contributed by atoms with Gasteiger partial charge in [-0.05, 0) is 36.7 Å². The predicted octanol–water partition coefficient (Wildman–Crippen LogP) is 3.54. The molecule has 0 aliphatic heterocycles. The fourth-order valence-electron chi connectivity index (χ4n) is 2.79. The molecule has 1 heterocycles. The lowest BCUT2D eigenvalue weighted by Crippen LogP contribution is -2.26. The second-order valence-electron chi connectivity index (χ2n) is 6.65. The molecule has 2 nitrogen and oxygen atoms in total. The molecule has 0 aromatic carbocycles. The molecule has 1 aliphatic carbocycles. The van der Waals surface area contributed by atoms with E-state index in [2.05, 4.69) is 44.5 Å².